The summed E-state index contributed by atoms with van der Waals surface area (Å²) >= 11 is 5.67. The molecule has 168 valence electrons. The van der Waals surface area contributed by atoms with Crippen LogP contribution >= 0.6 is 32.9 Å². The minimum atomic E-state index is 0.249. The Labute approximate surface area is 202 Å². The van der Waals surface area contributed by atoms with Gasteiger partial charge in [-0.1, -0.05) is 69.7 Å². The summed E-state index contributed by atoms with van der Waals surface area (Å²) in [4.78, 5) is 17.6. The second-order valence-electron chi connectivity index (χ2n) is 8.27. The number of hydrogen-bond donors (Lipinski definition) is 1. The van der Waals surface area contributed by atoms with Crippen LogP contribution in [-0.4, -0.2) is 47.0 Å². The Morgan fingerprint density at radius 3 is 2.41 bits per heavy atom. The summed E-state index contributed by atoms with van der Waals surface area (Å²) in [6.07, 6.45) is 1.51. The number of aromatic hydroxyl groups is 1. The molecule has 0 aliphatic carbocycles. The Morgan fingerprint density at radius 2 is 1.72 bits per heavy atom. The molecule has 0 spiro atoms. The first-order valence-corrected chi connectivity index (χ1v) is 13.5. The summed E-state index contributed by atoms with van der Waals surface area (Å²) < 4.78 is 0.899. The molecule has 1 amide bonds. The summed E-state index contributed by atoms with van der Waals surface area (Å²) in [6.45, 7) is 7.95. The maximum Gasteiger partial charge on any atom is 0.222 e. The van der Waals surface area contributed by atoms with Crippen molar-refractivity contribution >= 4 is 38.8 Å². The number of piperazine rings is 1. The Kier molecular flexibility index (Phi) is 7.40. The summed E-state index contributed by atoms with van der Waals surface area (Å²) in [7, 11) is 3.32. The fraction of sp³-hybridized carbons (Fsp3) is 0.360. The molecule has 0 radical (unpaired) electrons. The second-order valence-corrected chi connectivity index (χ2v) is 11.1. The lowest BCUT2D eigenvalue weighted by Crippen LogP contribution is -2.48. The number of rotatable bonds is 6. The molecule has 1 aromatic heterocycles. The smallest absolute Gasteiger partial charge is 0.222 e. The van der Waals surface area contributed by atoms with E-state index >= 15 is 0 Å². The van der Waals surface area contributed by atoms with Gasteiger partial charge in [-0.2, -0.15) is 0 Å². The highest BCUT2D eigenvalue weighted by molar-refractivity contribution is 7.80. The molecule has 7 heteroatoms. The van der Waals surface area contributed by atoms with Gasteiger partial charge in [0.05, 0.1) is 4.88 Å². The maximum atomic E-state index is 12.1. The van der Waals surface area contributed by atoms with Crippen molar-refractivity contribution in [3.63, 3.8) is 0 Å². The third-order valence-electron chi connectivity index (χ3n) is 5.90. The SMILES string of the molecule is CCCC(=O)N1CCN(Cc2cc(-c3ssc(=S)c3-c3ccc(C)cc3)ccc2O)CC1. The van der Waals surface area contributed by atoms with Crippen LogP contribution in [0, 0.1) is 10.7 Å². The molecule has 0 atom stereocenters. The first-order valence-electron chi connectivity index (χ1n) is 11.0. The molecular weight excluding hydrogens is 456 g/mol. The van der Waals surface area contributed by atoms with Crippen molar-refractivity contribution in [2.75, 3.05) is 26.2 Å². The molecule has 32 heavy (non-hydrogen) atoms. The van der Waals surface area contributed by atoms with Crippen molar-refractivity contribution in [2.24, 2.45) is 0 Å². The van der Waals surface area contributed by atoms with Gasteiger partial charge in [-0.25, -0.2) is 0 Å². The van der Waals surface area contributed by atoms with Gasteiger partial charge in [0.1, 0.15) is 9.57 Å². The lowest BCUT2D eigenvalue weighted by atomic mass is 10.0. The largest absolute Gasteiger partial charge is 0.508 e. The van der Waals surface area contributed by atoms with Crippen LogP contribution < -0.4 is 0 Å². The number of amides is 1. The van der Waals surface area contributed by atoms with E-state index in [0.717, 1.165) is 63.6 Å². The van der Waals surface area contributed by atoms with E-state index in [1.54, 1.807) is 26.7 Å². The van der Waals surface area contributed by atoms with Crippen molar-refractivity contribution in [3.05, 3.63) is 57.4 Å². The predicted molar refractivity (Wildman–Crippen MR) is 137 cm³/mol. The van der Waals surface area contributed by atoms with Crippen LogP contribution in [0.15, 0.2) is 42.5 Å². The van der Waals surface area contributed by atoms with Crippen molar-refractivity contribution in [1.29, 1.82) is 0 Å². The molecule has 2 aromatic carbocycles. The van der Waals surface area contributed by atoms with Crippen LogP contribution in [0.5, 0.6) is 5.75 Å². The van der Waals surface area contributed by atoms with Crippen LogP contribution in [0.4, 0.5) is 0 Å². The van der Waals surface area contributed by atoms with E-state index in [4.69, 9.17) is 12.2 Å². The van der Waals surface area contributed by atoms with Gasteiger partial charge < -0.3 is 10.0 Å². The molecule has 1 saturated heterocycles. The Hall–Kier alpha value is -2.06. The summed E-state index contributed by atoms with van der Waals surface area (Å²) in [6, 6.07) is 14.3. The zero-order valence-electron chi connectivity index (χ0n) is 18.5. The van der Waals surface area contributed by atoms with Crippen molar-refractivity contribution in [3.8, 4) is 27.3 Å². The number of carbonyl (C=O) groups excluding carboxylic acids is 1. The first kappa shape index (κ1) is 23.1. The molecule has 1 aliphatic heterocycles. The number of hydrogen-bond acceptors (Lipinski definition) is 6. The monoisotopic (exact) mass is 484 g/mol. The van der Waals surface area contributed by atoms with Crippen LogP contribution in [0.3, 0.4) is 0 Å². The minimum absolute atomic E-state index is 0.249. The van der Waals surface area contributed by atoms with Gasteiger partial charge in [0.2, 0.25) is 5.91 Å². The van der Waals surface area contributed by atoms with E-state index in [0.29, 0.717) is 18.7 Å². The zero-order chi connectivity index (χ0) is 22.7. The van der Waals surface area contributed by atoms with E-state index in [-0.39, 0.29) is 5.91 Å². The van der Waals surface area contributed by atoms with Gasteiger partial charge in [-0.15, -0.1) is 0 Å². The third kappa shape index (κ3) is 5.12. The van der Waals surface area contributed by atoms with E-state index in [2.05, 4.69) is 42.2 Å². The van der Waals surface area contributed by atoms with Gasteiger partial charge in [0.15, 0.2) is 0 Å². The molecule has 1 N–H and O–H groups in total. The van der Waals surface area contributed by atoms with Crippen LogP contribution in [0.1, 0.15) is 30.9 Å². The Bertz CT molecular complexity index is 1140. The first-order chi connectivity index (χ1) is 15.5. The number of phenols is 1. The fourth-order valence-corrected chi connectivity index (χ4v) is 6.95. The number of benzene rings is 2. The average molecular weight is 485 g/mol. The molecule has 0 saturated carbocycles. The second kappa shape index (κ2) is 10.3. The van der Waals surface area contributed by atoms with E-state index < -0.39 is 0 Å². The minimum Gasteiger partial charge on any atom is -0.508 e. The molecule has 4 nitrogen and oxygen atoms in total. The topological polar surface area (TPSA) is 43.8 Å². The lowest BCUT2D eigenvalue weighted by Gasteiger charge is -2.35. The van der Waals surface area contributed by atoms with Crippen molar-refractivity contribution < 1.29 is 9.90 Å². The highest BCUT2D eigenvalue weighted by Gasteiger charge is 2.22. The number of nitrogens with zero attached hydrogens (tertiary/aromatic N) is 2. The summed E-state index contributed by atoms with van der Waals surface area (Å²) in [5.74, 6) is 0.563. The van der Waals surface area contributed by atoms with Crippen LogP contribution in [0.2, 0.25) is 0 Å². The molecule has 0 bridgehead atoms. The normalized spacial score (nSPS) is 14.6. The molecule has 0 unspecified atom stereocenters. The molecule has 1 fully saturated rings. The van der Waals surface area contributed by atoms with Crippen molar-refractivity contribution in [2.45, 2.75) is 33.2 Å². The van der Waals surface area contributed by atoms with Crippen LogP contribution in [0.25, 0.3) is 21.6 Å². The fourth-order valence-electron chi connectivity index (χ4n) is 4.04. The predicted octanol–water partition coefficient (Wildman–Crippen LogP) is 6.33. The third-order valence-corrected chi connectivity index (χ3v) is 8.96. The van der Waals surface area contributed by atoms with Crippen LogP contribution in [-0.2, 0) is 11.3 Å². The molecule has 1 aliphatic rings. The van der Waals surface area contributed by atoms with Crippen molar-refractivity contribution in [1.82, 2.24) is 9.80 Å². The van der Waals surface area contributed by atoms with Gasteiger partial charge in [0.25, 0.3) is 0 Å². The van der Waals surface area contributed by atoms with Gasteiger partial charge in [-0.05, 0) is 42.7 Å². The Morgan fingerprint density at radius 1 is 1.03 bits per heavy atom. The lowest BCUT2D eigenvalue weighted by molar-refractivity contribution is -0.133. The molecule has 2 heterocycles. The quantitative estimate of drug-likeness (QED) is 0.328. The maximum absolute atomic E-state index is 12.1. The molecule has 3 aromatic rings. The molecule has 4 rings (SSSR count). The van der Waals surface area contributed by atoms with E-state index in [1.165, 1.54) is 5.56 Å². The van der Waals surface area contributed by atoms with Gasteiger partial charge >= 0.3 is 0 Å². The number of phenolic OH excluding ortho intramolecular Hbond substituents is 1. The zero-order valence-corrected chi connectivity index (χ0v) is 20.9. The van der Waals surface area contributed by atoms with Gasteiger partial charge in [-0.3, -0.25) is 9.69 Å². The molecular formula is C25H28N2O2S3. The summed E-state index contributed by atoms with van der Waals surface area (Å²) in [5, 5.41) is 10.5. The average Bonchev–Trinajstić information content (AvgIpc) is 3.18. The van der Waals surface area contributed by atoms with E-state index in [9.17, 15) is 9.90 Å². The van der Waals surface area contributed by atoms with Gasteiger partial charge in [0, 0.05) is 50.3 Å². The number of aryl methyl sites for hydroxylation is 1. The Balaban J connectivity index is 1.54. The van der Waals surface area contributed by atoms with E-state index in [1.807, 2.05) is 17.9 Å². The highest BCUT2D eigenvalue weighted by atomic mass is 32.9. The summed E-state index contributed by atoms with van der Waals surface area (Å²) in [5.41, 5.74) is 5.46. The number of carbonyl (C=O) groups is 1. The standard InChI is InChI=1S/C25H28N2O2S3/c1-3-4-22(29)27-13-11-26(12-14-27)16-20-15-19(9-10-21(20)28)24-23(25(30)32-31-24)18-7-5-17(2)6-8-18/h5-10,15,28H,3-4,11-14,16H2,1-2H3. The highest BCUT2D eigenvalue weighted by Crippen LogP contribution is 2.42.